The summed E-state index contributed by atoms with van der Waals surface area (Å²) in [4.78, 5) is 2.63. The summed E-state index contributed by atoms with van der Waals surface area (Å²) in [6.07, 6.45) is 9.93. The van der Waals surface area contributed by atoms with Gasteiger partial charge in [0.15, 0.2) is 0 Å². The molecule has 0 bridgehead atoms. The highest BCUT2D eigenvalue weighted by Crippen LogP contribution is 2.27. The van der Waals surface area contributed by atoms with E-state index < -0.39 is 0 Å². The fourth-order valence-electron chi connectivity index (χ4n) is 3.46. The van der Waals surface area contributed by atoms with Gasteiger partial charge in [-0.05, 0) is 31.6 Å². The number of hydrogen-bond acceptors (Lipinski definition) is 3. The summed E-state index contributed by atoms with van der Waals surface area (Å²) in [6.45, 7) is 3.24. The van der Waals surface area contributed by atoms with Crippen molar-refractivity contribution in [2.24, 2.45) is 11.7 Å². The van der Waals surface area contributed by atoms with Crippen LogP contribution in [-0.4, -0.2) is 43.8 Å². The molecular weight excluding hydrogens is 248 g/mol. The van der Waals surface area contributed by atoms with Gasteiger partial charge >= 0.3 is 0 Å². The van der Waals surface area contributed by atoms with Gasteiger partial charge in [0.2, 0.25) is 0 Å². The predicted molar refractivity (Wildman–Crippen MR) is 78.3 cm³/mol. The van der Waals surface area contributed by atoms with Crippen molar-refractivity contribution in [3.63, 3.8) is 0 Å². The summed E-state index contributed by atoms with van der Waals surface area (Å²) in [5.74, 6) is 0.928. The Morgan fingerprint density at radius 2 is 1.89 bits per heavy atom. The third-order valence-electron chi connectivity index (χ3n) is 4.61. The van der Waals surface area contributed by atoms with Gasteiger partial charge in [0.05, 0.1) is 6.10 Å². The lowest BCUT2D eigenvalue weighted by atomic mass is 9.87. The van der Waals surface area contributed by atoms with Crippen LogP contribution in [0.1, 0.15) is 44.9 Å². The highest BCUT2D eigenvalue weighted by Gasteiger charge is 2.29. The van der Waals surface area contributed by atoms with Gasteiger partial charge in [-0.1, -0.05) is 19.3 Å². The number of nitrogens with zero attached hydrogens (tertiary/aromatic N) is 1. The quantitative estimate of drug-likeness (QED) is 0.857. The van der Waals surface area contributed by atoms with E-state index in [1.54, 1.807) is 0 Å². The van der Waals surface area contributed by atoms with Crippen LogP contribution >= 0.6 is 12.4 Å². The molecule has 0 amide bonds. The molecule has 1 aliphatic heterocycles. The van der Waals surface area contributed by atoms with Crippen LogP contribution in [0.25, 0.3) is 0 Å². The second kappa shape index (κ2) is 8.36. The summed E-state index contributed by atoms with van der Waals surface area (Å²) >= 11 is 0. The Morgan fingerprint density at radius 3 is 2.50 bits per heavy atom. The first-order chi connectivity index (χ1) is 8.33. The molecule has 0 aromatic rings. The van der Waals surface area contributed by atoms with Crippen molar-refractivity contribution in [2.45, 2.75) is 57.1 Å². The zero-order valence-electron chi connectivity index (χ0n) is 11.6. The second-order valence-electron chi connectivity index (χ2n) is 5.77. The van der Waals surface area contributed by atoms with E-state index in [4.69, 9.17) is 10.5 Å². The maximum absolute atomic E-state index is 5.92. The Labute approximate surface area is 118 Å². The van der Waals surface area contributed by atoms with E-state index in [2.05, 4.69) is 4.90 Å². The fourth-order valence-corrected chi connectivity index (χ4v) is 3.46. The van der Waals surface area contributed by atoms with Crippen LogP contribution in [0.5, 0.6) is 0 Å². The number of hydrogen-bond donors (Lipinski definition) is 1. The molecule has 2 N–H and O–H groups in total. The Morgan fingerprint density at radius 1 is 1.17 bits per heavy atom. The lowest BCUT2D eigenvalue weighted by Gasteiger charge is -2.40. The number of nitrogens with two attached hydrogens (primary N) is 1. The average Bonchev–Trinajstić information content (AvgIpc) is 2.40. The number of rotatable bonds is 4. The minimum atomic E-state index is 0. The monoisotopic (exact) mass is 276 g/mol. The van der Waals surface area contributed by atoms with Crippen LogP contribution in [0.4, 0.5) is 0 Å². The van der Waals surface area contributed by atoms with Gasteiger partial charge in [-0.2, -0.15) is 0 Å². The number of halogens is 1. The molecule has 1 saturated heterocycles. The molecule has 0 radical (unpaired) electrons. The highest BCUT2D eigenvalue weighted by atomic mass is 35.5. The average molecular weight is 277 g/mol. The van der Waals surface area contributed by atoms with Crippen molar-refractivity contribution >= 4 is 12.4 Å². The smallest absolute Gasteiger partial charge is 0.0599 e. The minimum absolute atomic E-state index is 0. The topological polar surface area (TPSA) is 38.5 Å². The Bertz CT molecular complexity index is 222. The lowest BCUT2D eigenvalue weighted by molar-refractivity contribution is 0.00567. The molecule has 2 unspecified atom stereocenters. The Kier molecular flexibility index (Phi) is 7.54. The van der Waals surface area contributed by atoms with Crippen LogP contribution in [0.15, 0.2) is 0 Å². The molecule has 4 heteroatoms. The van der Waals surface area contributed by atoms with E-state index in [0.29, 0.717) is 12.1 Å². The van der Waals surface area contributed by atoms with Crippen molar-refractivity contribution in [3.8, 4) is 0 Å². The second-order valence-corrected chi connectivity index (χ2v) is 5.77. The van der Waals surface area contributed by atoms with Crippen molar-refractivity contribution in [3.05, 3.63) is 0 Å². The SMILES string of the molecule is COC1CCN(CC2CCCCC2)C(CN)C1.Cl. The summed E-state index contributed by atoms with van der Waals surface area (Å²) < 4.78 is 5.48. The zero-order valence-corrected chi connectivity index (χ0v) is 12.5. The summed E-state index contributed by atoms with van der Waals surface area (Å²) in [6, 6.07) is 0.552. The van der Waals surface area contributed by atoms with Crippen LogP contribution in [0.3, 0.4) is 0 Å². The van der Waals surface area contributed by atoms with Gasteiger partial charge in [-0.15, -0.1) is 12.4 Å². The van der Waals surface area contributed by atoms with Gasteiger partial charge < -0.3 is 10.5 Å². The van der Waals surface area contributed by atoms with Crippen molar-refractivity contribution in [1.29, 1.82) is 0 Å². The largest absolute Gasteiger partial charge is 0.381 e. The number of ether oxygens (including phenoxy) is 1. The molecule has 3 nitrogen and oxygen atoms in total. The first-order valence-corrected chi connectivity index (χ1v) is 7.30. The molecule has 1 aliphatic carbocycles. The minimum Gasteiger partial charge on any atom is -0.381 e. The Balaban J connectivity index is 0.00000162. The first kappa shape index (κ1) is 16.2. The molecule has 2 fully saturated rings. The van der Waals surface area contributed by atoms with Crippen LogP contribution in [0.2, 0.25) is 0 Å². The number of methoxy groups -OCH3 is 1. The van der Waals surface area contributed by atoms with Crippen LogP contribution < -0.4 is 5.73 Å². The maximum Gasteiger partial charge on any atom is 0.0599 e. The van der Waals surface area contributed by atoms with E-state index in [1.807, 2.05) is 7.11 Å². The van der Waals surface area contributed by atoms with Crippen LogP contribution in [0, 0.1) is 5.92 Å². The van der Waals surface area contributed by atoms with E-state index in [1.165, 1.54) is 51.6 Å². The highest BCUT2D eigenvalue weighted by molar-refractivity contribution is 5.85. The van der Waals surface area contributed by atoms with Gasteiger partial charge in [-0.3, -0.25) is 4.90 Å². The fraction of sp³-hybridized carbons (Fsp3) is 1.00. The molecule has 0 spiro atoms. The maximum atomic E-state index is 5.92. The normalized spacial score (nSPS) is 31.0. The zero-order chi connectivity index (χ0) is 12.1. The van der Waals surface area contributed by atoms with Gasteiger partial charge in [0, 0.05) is 32.8 Å². The molecule has 1 saturated carbocycles. The van der Waals surface area contributed by atoms with Gasteiger partial charge in [0.25, 0.3) is 0 Å². The van der Waals surface area contributed by atoms with E-state index in [9.17, 15) is 0 Å². The van der Waals surface area contributed by atoms with E-state index in [-0.39, 0.29) is 12.4 Å². The summed E-state index contributed by atoms with van der Waals surface area (Å²) in [5, 5.41) is 0. The molecule has 2 atom stereocenters. The van der Waals surface area contributed by atoms with Crippen molar-refractivity contribution in [2.75, 3.05) is 26.7 Å². The van der Waals surface area contributed by atoms with Crippen molar-refractivity contribution < 1.29 is 4.74 Å². The van der Waals surface area contributed by atoms with E-state index in [0.717, 1.165) is 18.9 Å². The third-order valence-corrected chi connectivity index (χ3v) is 4.61. The molecule has 0 aromatic carbocycles. The van der Waals surface area contributed by atoms with Crippen LogP contribution in [-0.2, 0) is 4.74 Å². The molecule has 2 aliphatic rings. The molecule has 108 valence electrons. The predicted octanol–water partition coefficient (Wildman–Crippen LogP) is 2.43. The number of piperidine rings is 1. The summed E-state index contributed by atoms with van der Waals surface area (Å²) in [5.41, 5.74) is 5.92. The lowest BCUT2D eigenvalue weighted by Crippen LogP contribution is -2.50. The van der Waals surface area contributed by atoms with Gasteiger partial charge in [0.1, 0.15) is 0 Å². The van der Waals surface area contributed by atoms with Crippen molar-refractivity contribution in [1.82, 2.24) is 4.90 Å². The number of likely N-dealkylation sites (tertiary alicyclic amines) is 1. The first-order valence-electron chi connectivity index (χ1n) is 7.30. The molecule has 2 rings (SSSR count). The molecule has 18 heavy (non-hydrogen) atoms. The Hall–Kier alpha value is 0.170. The molecule has 0 aromatic heterocycles. The third kappa shape index (κ3) is 4.37. The standard InChI is InChI=1S/C14H28N2O.ClH/c1-17-14-7-8-16(13(9-14)10-15)11-12-5-3-2-4-6-12;/h12-14H,2-11,15H2,1H3;1H. The van der Waals surface area contributed by atoms with E-state index >= 15 is 0 Å². The summed E-state index contributed by atoms with van der Waals surface area (Å²) in [7, 11) is 1.83. The van der Waals surface area contributed by atoms with Gasteiger partial charge in [-0.25, -0.2) is 0 Å². The molecule has 1 heterocycles. The molecular formula is C14H29ClN2O.